The number of anilines is 1. The number of benzene rings is 1. The molecule has 0 aliphatic heterocycles. The van der Waals surface area contributed by atoms with Gasteiger partial charge in [0.25, 0.3) is 0 Å². The molecule has 130 valence electrons. The zero-order valence-electron chi connectivity index (χ0n) is 14.1. The molecule has 0 atom stereocenters. The second-order valence-corrected chi connectivity index (χ2v) is 7.03. The Labute approximate surface area is 153 Å². The summed E-state index contributed by atoms with van der Waals surface area (Å²) in [4.78, 5) is 8.61. The van der Waals surface area contributed by atoms with Crippen molar-refractivity contribution in [2.75, 3.05) is 12.5 Å². The number of ether oxygens (including phenoxy) is 1. The summed E-state index contributed by atoms with van der Waals surface area (Å²) in [6.07, 6.45) is 1.77. The minimum atomic E-state index is 0.710. The third kappa shape index (κ3) is 4.80. The smallest absolute Gasteiger partial charge is 0.208 e. The highest BCUT2D eigenvalue weighted by Crippen LogP contribution is 2.27. The highest BCUT2D eigenvalue weighted by molar-refractivity contribution is 7.98. The lowest BCUT2D eigenvalue weighted by Crippen LogP contribution is -1.95. The van der Waals surface area contributed by atoms with Crippen molar-refractivity contribution in [2.24, 2.45) is 5.10 Å². The topological polar surface area (TPSA) is 88.1 Å². The number of hydrazone groups is 1. The summed E-state index contributed by atoms with van der Waals surface area (Å²) in [5.74, 6) is 2.35. The fraction of sp³-hybridized carbons (Fsp3) is 0.250. The molecule has 0 saturated heterocycles. The van der Waals surface area contributed by atoms with Crippen molar-refractivity contribution in [3.8, 4) is 5.75 Å². The van der Waals surface area contributed by atoms with E-state index in [4.69, 9.17) is 4.74 Å². The van der Waals surface area contributed by atoms with Gasteiger partial charge in [-0.15, -0.1) is 16.4 Å². The molecule has 2 aromatic heterocycles. The van der Waals surface area contributed by atoms with Crippen LogP contribution in [0.3, 0.4) is 0 Å². The van der Waals surface area contributed by atoms with E-state index >= 15 is 0 Å². The zero-order valence-corrected chi connectivity index (χ0v) is 15.7. The van der Waals surface area contributed by atoms with Gasteiger partial charge in [-0.2, -0.15) is 5.10 Å². The largest absolute Gasteiger partial charge is 0.496 e. The summed E-state index contributed by atoms with van der Waals surface area (Å²) in [7, 11) is 1.67. The molecule has 7 nitrogen and oxygen atoms in total. The summed E-state index contributed by atoms with van der Waals surface area (Å²) in [5, 5.41) is 14.7. The third-order valence-electron chi connectivity index (χ3n) is 3.23. The van der Waals surface area contributed by atoms with Crippen LogP contribution in [0.5, 0.6) is 5.75 Å². The highest BCUT2D eigenvalue weighted by Gasteiger charge is 2.07. The molecule has 0 spiro atoms. The number of H-pyrrole nitrogens is 1. The number of methoxy groups -OCH3 is 1. The van der Waals surface area contributed by atoms with Gasteiger partial charge in [-0.05, 0) is 37.6 Å². The molecule has 0 aliphatic carbocycles. The Bertz CT molecular complexity index is 873. The maximum Gasteiger partial charge on any atom is 0.208 e. The van der Waals surface area contributed by atoms with Crippen molar-refractivity contribution in [1.29, 1.82) is 0 Å². The van der Waals surface area contributed by atoms with Gasteiger partial charge < -0.3 is 4.74 Å². The second kappa shape index (κ2) is 8.13. The van der Waals surface area contributed by atoms with Gasteiger partial charge in [0.2, 0.25) is 10.3 Å². The van der Waals surface area contributed by atoms with Crippen molar-refractivity contribution in [2.45, 2.75) is 24.8 Å². The SMILES string of the molecule is COc1ccc(C=NNc2nc(C)cs2)cc1CSc1n[nH]c(C)n1. The molecule has 2 heterocycles. The first-order valence-corrected chi connectivity index (χ1v) is 9.40. The van der Waals surface area contributed by atoms with Gasteiger partial charge in [-0.25, -0.2) is 9.97 Å². The summed E-state index contributed by atoms with van der Waals surface area (Å²) < 4.78 is 5.44. The molecule has 0 amide bonds. The summed E-state index contributed by atoms with van der Waals surface area (Å²) in [6.45, 7) is 3.83. The summed E-state index contributed by atoms with van der Waals surface area (Å²) in [6, 6.07) is 5.94. The maximum absolute atomic E-state index is 5.44. The van der Waals surface area contributed by atoms with E-state index in [9.17, 15) is 0 Å². The lowest BCUT2D eigenvalue weighted by molar-refractivity contribution is 0.411. The molecule has 1 aromatic carbocycles. The zero-order chi connectivity index (χ0) is 17.6. The number of thioether (sulfide) groups is 1. The van der Waals surface area contributed by atoms with Gasteiger partial charge >= 0.3 is 0 Å². The minimum absolute atomic E-state index is 0.710. The van der Waals surface area contributed by atoms with E-state index in [1.165, 1.54) is 11.3 Å². The number of nitrogens with zero attached hydrogens (tertiary/aromatic N) is 4. The molecule has 3 rings (SSSR count). The van der Waals surface area contributed by atoms with Crippen LogP contribution in [-0.2, 0) is 5.75 Å². The molecule has 0 fully saturated rings. The van der Waals surface area contributed by atoms with Gasteiger partial charge in [0.15, 0.2) is 0 Å². The Kier molecular flexibility index (Phi) is 5.67. The van der Waals surface area contributed by atoms with Crippen LogP contribution >= 0.6 is 23.1 Å². The van der Waals surface area contributed by atoms with E-state index in [0.29, 0.717) is 5.75 Å². The molecule has 0 unspecified atom stereocenters. The summed E-state index contributed by atoms with van der Waals surface area (Å²) >= 11 is 3.08. The average Bonchev–Trinajstić information content (AvgIpc) is 3.21. The standard InChI is InChI=1S/C16H18N6OS2/c1-10-8-24-15(18-10)21-17-7-12-4-5-14(23-3)13(6-12)9-25-16-19-11(2)20-22-16/h4-8H,9H2,1-3H3,(H,18,21)(H,19,20,22). The number of aromatic amines is 1. The number of aromatic nitrogens is 4. The molecule has 0 saturated carbocycles. The van der Waals surface area contributed by atoms with Gasteiger partial charge in [-0.1, -0.05) is 11.8 Å². The number of thiazole rings is 1. The number of aryl methyl sites for hydroxylation is 2. The lowest BCUT2D eigenvalue weighted by Gasteiger charge is -2.08. The Morgan fingerprint density at radius 1 is 1.36 bits per heavy atom. The van der Waals surface area contributed by atoms with E-state index < -0.39 is 0 Å². The van der Waals surface area contributed by atoms with E-state index in [2.05, 4.69) is 30.7 Å². The number of hydrogen-bond donors (Lipinski definition) is 2. The minimum Gasteiger partial charge on any atom is -0.496 e. The van der Waals surface area contributed by atoms with Gasteiger partial charge in [0, 0.05) is 16.7 Å². The molecule has 9 heteroatoms. The molecule has 0 radical (unpaired) electrons. The maximum atomic E-state index is 5.44. The highest BCUT2D eigenvalue weighted by atomic mass is 32.2. The lowest BCUT2D eigenvalue weighted by atomic mass is 10.1. The molecule has 0 aliphatic rings. The van der Waals surface area contributed by atoms with Crippen molar-refractivity contribution in [3.05, 3.63) is 46.2 Å². The van der Waals surface area contributed by atoms with Crippen LogP contribution in [0.25, 0.3) is 0 Å². The van der Waals surface area contributed by atoms with Crippen LogP contribution < -0.4 is 10.2 Å². The van der Waals surface area contributed by atoms with E-state index in [0.717, 1.165) is 38.7 Å². The van der Waals surface area contributed by atoms with Crippen LogP contribution in [0.2, 0.25) is 0 Å². The van der Waals surface area contributed by atoms with Crippen LogP contribution in [-0.4, -0.2) is 33.5 Å². The van der Waals surface area contributed by atoms with Crippen molar-refractivity contribution in [3.63, 3.8) is 0 Å². The van der Waals surface area contributed by atoms with Crippen LogP contribution in [0.4, 0.5) is 5.13 Å². The Balaban J connectivity index is 1.68. The predicted octanol–water partition coefficient (Wildman–Crippen LogP) is 3.62. The van der Waals surface area contributed by atoms with Gasteiger partial charge in [0.1, 0.15) is 11.6 Å². The van der Waals surface area contributed by atoms with Crippen molar-refractivity contribution in [1.82, 2.24) is 20.2 Å². The summed E-state index contributed by atoms with van der Waals surface area (Å²) in [5.41, 5.74) is 5.95. The first kappa shape index (κ1) is 17.4. The fourth-order valence-electron chi connectivity index (χ4n) is 2.09. The predicted molar refractivity (Wildman–Crippen MR) is 102 cm³/mol. The van der Waals surface area contributed by atoms with Gasteiger partial charge in [-0.3, -0.25) is 10.5 Å². The Morgan fingerprint density at radius 2 is 2.24 bits per heavy atom. The third-order valence-corrected chi connectivity index (χ3v) is 4.99. The molecule has 2 N–H and O–H groups in total. The molecular formula is C16H18N6OS2. The van der Waals surface area contributed by atoms with Crippen molar-refractivity contribution < 1.29 is 4.74 Å². The normalized spacial score (nSPS) is 11.2. The number of hydrogen-bond acceptors (Lipinski definition) is 8. The quantitative estimate of drug-likeness (QED) is 0.373. The van der Waals surface area contributed by atoms with Crippen LogP contribution in [0.15, 0.2) is 33.8 Å². The van der Waals surface area contributed by atoms with E-state index in [-0.39, 0.29) is 0 Å². The molecular weight excluding hydrogens is 356 g/mol. The Morgan fingerprint density at radius 3 is 2.92 bits per heavy atom. The first-order valence-electron chi connectivity index (χ1n) is 7.54. The van der Waals surface area contributed by atoms with Gasteiger partial charge in [0.05, 0.1) is 19.0 Å². The van der Waals surface area contributed by atoms with Crippen molar-refractivity contribution >= 4 is 34.4 Å². The van der Waals surface area contributed by atoms with E-state index in [1.807, 2.05) is 37.4 Å². The fourth-order valence-corrected chi connectivity index (χ4v) is 3.55. The average molecular weight is 374 g/mol. The molecule has 0 bridgehead atoms. The molecule has 3 aromatic rings. The number of rotatable bonds is 7. The Hall–Kier alpha value is -2.39. The first-order chi connectivity index (χ1) is 12.1. The number of nitrogens with one attached hydrogen (secondary N) is 2. The monoisotopic (exact) mass is 374 g/mol. The van der Waals surface area contributed by atoms with Crippen LogP contribution in [0.1, 0.15) is 22.6 Å². The molecule has 25 heavy (non-hydrogen) atoms. The second-order valence-electron chi connectivity index (χ2n) is 5.23. The van der Waals surface area contributed by atoms with Crippen LogP contribution in [0, 0.1) is 13.8 Å². The van der Waals surface area contributed by atoms with E-state index in [1.54, 1.807) is 25.1 Å².